The summed E-state index contributed by atoms with van der Waals surface area (Å²) in [5.41, 5.74) is 0.693. The van der Waals surface area contributed by atoms with Crippen molar-refractivity contribution in [2.45, 2.75) is 38.9 Å². The molecule has 2 N–H and O–H groups in total. The van der Waals surface area contributed by atoms with Gasteiger partial charge in [0.2, 0.25) is 0 Å². The summed E-state index contributed by atoms with van der Waals surface area (Å²) in [5, 5.41) is 19.5. The minimum atomic E-state index is -0.669. The Morgan fingerprint density at radius 2 is 2.00 bits per heavy atom. The molecule has 114 valence electrons. The Labute approximate surface area is 128 Å². The van der Waals surface area contributed by atoms with E-state index in [-0.39, 0.29) is 13.2 Å². The molecule has 1 unspecified atom stereocenters. The molecule has 0 aliphatic rings. The van der Waals surface area contributed by atoms with Gasteiger partial charge in [-0.05, 0) is 31.5 Å². The molecule has 5 heteroatoms. The van der Waals surface area contributed by atoms with Gasteiger partial charge in [-0.1, -0.05) is 29.3 Å². The van der Waals surface area contributed by atoms with Gasteiger partial charge in [-0.2, -0.15) is 0 Å². The molecular formula is C15H23BrO4. The Kier molecular flexibility index (Phi) is 8.14. The van der Waals surface area contributed by atoms with Crippen LogP contribution in [0.2, 0.25) is 0 Å². The first kappa shape index (κ1) is 17.4. The zero-order chi connectivity index (χ0) is 15.0. The number of ether oxygens (including phenoxy) is 2. The fourth-order valence-corrected chi connectivity index (χ4v) is 2.06. The highest BCUT2D eigenvalue weighted by molar-refractivity contribution is 9.10. The number of hydrogen-bond acceptors (Lipinski definition) is 4. The fraction of sp³-hybridized carbons (Fsp3) is 0.600. The summed E-state index contributed by atoms with van der Waals surface area (Å²) >= 11 is 3.36. The third-order valence-corrected chi connectivity index (χ3v) is 3.30. The van der Waals surface area contributed by atoms with Crippen LogP contribution in [0.4, 0.5) is 0 Å². The van der Waals surface area contributed by atoms with Crippen molar-refractivity contribution in [3.8, 4) is 5.75 Å². The largest absolute Gasteiger partial charge is 0.490 e. The lowest BCUT2D eigenvalue weighted by Gasteiger charge is -2.16. The second-order valence-corrected chi connectivity index (χ2v) is 5.67. The van der Waals surface area contributed by atoms with E-state index in [1.54, 1.807) is 13.0 Å². The molecule has 0 aromatic heterocycles. The summed E-state index contributed by atoms with van der Waals surface area (Å²) in [5.74, 6) is 0.579. The molecule has 0 amide bonds. The van der Waals surface area contributed by atoms with E-state index in [0.717, 1.165) is 17.3 Å². The summed E-state index contributed by atoms with van der Waals surface area (Å²) in [4.78, 5) is 0. The van der Waals surface area contributed by atoms with Gasteiger partial charge in [-0.25, -0.2) is 0 Å². The highest BCUT2D eigenvalue weighted by Crippen LogP contribution is 2.28. The van der Waals surface area contributed by atoms with Crippen LogP contribution in [-0.2, 0) is 4.74 Å². The predicted octanol–water partition coefficient (Wildman–Crippen LogP) is 3.06. The minimum Gasteiger partial charge on any atom is -0.490 e. The van der Waals surface area contributed by atoms with Crippen LogP contribution >= 0.6 is 15.9 Å². The van der Waals surface area contributed by atoms with Crippen molar-refractivity contribution in [2.75, 3.05) is 19.8 Å². The van der Waals surface area contributed by atoms with Gasteiger partial charge in [0, 0.05) is 16.6 Å². The zero-order valence-corrected chi connectivity index (χ0v) is 13.6. The summed E-state index contributed by atoms with van der Waals surface area (Å²) in [6.45, 7) is 4.84. The monoisotopic (exact) mass is 346 g/mol. The van der Waals surface area contributed by atoms with Crippen molar-refractivity contribution in [1.82, 2.24) is 0 Å². The van der Waals surface area contributed by atoms with Gasteiger partial charge in [0.25, 0.3) is 0 Å². The van der Waals surface area contributed by atoms with Gasteiger partial charge in [0.1, 0.15) is 18.5 Å². The van der Waals surface area contributed by atoms with Crippen molar-refractivity contribution in [3.63, 3.8) is 0 Å². The average Bonchev–Trinajstić information content (AvgIpc) is 2.42. The topological polar surface area (TPSA) is 58.9 Å². The van der Waals surface area contributed by atoms with Crippen LogP contribution in [0.15, 0.2) is 22.7 Å². The molecule has 0 aliphatic heterocycles. The first-order valence-electron chi connectivity index (χ1n) is 6.90. The minimum absolute atomic E-state index is 0.146. The van der Waals surface area contributed by atoms with Crippen molar-refractivity contribution < 1.29 is 19.7 Å². The van der Waals surface area contributed by atoms with Gasteiger partial charge in [-0.3, -0.25) is 0 Å². The Morgan fingerprint density at radius 1 is 1.25 bits per heavy atom. The molecule has 0 saturated carbocycles. The molecule has 0 spiro atoms. The normalized spacial score (nSPS) is 14.1. The highest BCUT2D eigenvalue weighted by Gasteiger charge is 2.12. The van der Waals surface area contributed by atoms with E-state index in [1.165, 1.54) is 0 Å². The lowest BCUT2D eigenvalue weighted by molar-refractivity contribution is 0.0107. The molecule has 0 aliphatic carbocycles. The number of aliphatic hydroxyl groups excluding tert-OH is 2. The number of aliphatic hydroxyl groups is 2. The lowest BCUT2D eigenvalue weighted by atomic mass is 10.1. The van der Waals surface area contributed by atoms with Crippen molar-refractivity contribution in [2.24, 2.45) is 0 Å². The number of unbranched alkanes of at least 4 members (excludes halogenated alkanes) is 1. The van der Waals surface area contributed by atoms with E-state index < -0.39 is 12.2 Å². The van der Waals surface area contributed by atoms with Crippen LogP contribution in [0.1, 0.15) is 38.4 Å². The highest BCUT2D eigenvalue weighted by atomic mass is 79.9. The Bertz CT molecular complexity index is 395. The standard InChI is InChI=1S/C15H23BrO4/c1-3-4-7-19-9-13(18)10-20-15-6-5-12(16)8-14(15)11(2)17/h5-6,8,11,13,17-18H,3-4,7,9-10H2,1-2H3/t11-,13?/m0/s1. The third-order valence-electron chi connectivity index (χ3n) is 2.81. The van der Waals surface area contributed by atoms with Crippen molar-refractivity contribution >= 4 is 15.9 Å². The molecule has 1 aromatic carbocycles. The predicted molar refractivity (Wildman–Crippen MR) is 82.0 cm³/mol. The van der Waals surface area contributed by atoms with E-state index in [0.29, 0.717) is 17.9 Å². The molecule has 20 heavy (non-hydrogen) atoms. The number of halogens is 1. The molecule has 4 nitrogen and oxygen atoms in total. The second kappa shape index (κ2) is 9.34. The first-order chi connectivity index (χ1) is 9.54. The van der Waals surface area contributed by atoms with E-state index >= 15 is 0 Å². The van der Waals surface area contributed by atoms with Gasteiger partial charge in [0.05, 0.1) is 12.7 Å². The van der Waals surface area contributed by atoms with Crippen LogP contribution in [0.5, 0.6) is 5.75 Å². The van der Waals surface area contributed by atoms with Gasteiger partial charge in [-0.15, -0.1) is 0 Å². The Balaban J connectivity index is 2.44. The van der Waals surface area contributed by atoms with Gasteiger partial charge in [0.15, 0.2) is 0 Å². The van der Waals surface area contributed by atoms with E-state index in [9.17, 15) is 10.2 Å². The third kappa shape index (κ3) is 6.22. The van der Waals surface area contributed by atoms with E-state index in [2.05, 4.69) is 22.9 Å². The number of hydrogen-bond donors (Lipinski definition) is 2. The molecule has 1 rings (SSSR count). The van der Waals surface area contributed by atoms with Crippen LogP contribution in [0.25, 0.3) is 0 Å². The smallest absolute Gasteiger partial charge is 0.125 e. The molecule has 0 heterocycles. The second-order valence-electron chi connectivity index (χ2n) is 4.75. The van der Waals surface area contributed by atoms with Crippen molar-refractivity contribution in [1.29, 1.82) is 0 Å². The number of rotatable bonds is 9. The number of benzene rings is 1. The van der Waals surface area contributed by atoms with Crippen LogP contribution in [0, 0.1) is 0 Å². The average molecular weight is 347 g/mol. The molecule has 0 fully saturated rings. The van der Waals surface area contributed by atoms with Crippen LogP contribution < -0.4 is 4.74 Å². The van der Waals surface area contributed by atoms with Gasteiger partial charge >= 0.3 is 0 Å². The zero-order valence-electron chi connectivity index (χ0n) is 12.0. The van der Waals surface area contributed by atoms with Crippen LogP contribution in [0.3, 0.4) is 0 Å². The Morgan fingerprint density at radius 3 is 2.65 bits per heavy atom. The summed E-state index contributed by atoms with van der Waals surface area (Å²) < 4.78 is 11.8. The lowest BCUT2D eigenvalue weighted by Crippen LogP contribution is -2.24. The fourth-order valence-electron chi connectivity index (χ4n) is 1.68. The molecule has 2 atom stereocenters. The van der Waals surface area contributed by atoms with Gasteiger partial charge < -0.3 is 19.7 Å². The molecule has 0 radical (unpaired) electrons. The SMILES string of the molecule is CCCCOCC(O)COc1ccc(Br)cc1[C@H](C)O. The first-order valence-corrected chi connectivity index (χ1v) is 7.70. The maximum Gasteiger partial charge on any atom is 0.125 e. The molecule has 0 bridgehead atoms. The maximum atomic E-state index is 9.77. The molecule has 0 saturated heterocycles. The van der Waals surface area contributed by atoms with E-state index in [4.69, 9.17) is 9.47 Å². The van der Waals surface area contributed by atoms with E-state index in [1.807, 2.05) is 12.1 Å². The van der Waals surface area contributed by atoms with Crippen molar-refractivity contribution in [3.05, 3.63) is 28.2 Å². The summed E-state index contributed by atoms with van der Waals surface area (Å²) in [7, 11) is 0. The summed E-state index contributed by atoms with van der Waals surface area (Å²) in [6.07, 6.45) is 0.771. The van der Waals surface area contributed by atoms with Crippen LogP contribution in [-0.4, -0.2) is 36.1 Å². The Hall–Kier alpha value is -0.620. The summed E-state index contributed by atoms with van der Waals surface area (Å²) in [6, 6.07) is 5.42. The quantitative estimate of drug-likeness (QED) is 0.674. The maximum absolute atomic E-state index is 9.77. The molecule has 1 aromatic rings. The molecular weight excluding hydrogens is 324 g/mol.